The van der Waals surface area contributed by atoms with Crippen LogP contribution in [0.1, 0.15) is 26.3 Å². The molecule has 0 radical (unpaired) electrons. The van der Waals surface area contributed by atoms with Crippen molar-refractivity contribution >= 4 is 18.7 Å². The highest BCUT2D eigenvalue weighted by atomic mass is 28.4. The Morgan fingerprint density at radius 1 is 1.00 bits per heavy atom. The maximum atomic E-state index is 12.0. The average molecular weight is 451 g/mol. The smallest absolute Gasteiger partial charge is 0.330 e. The van der Waals surface area contributed by atoms with Crippen LogP contribution in [0, 0.1) is 6.92 Å². The summed E-state index contributed by atoms with van der Waals surface area (Å²) in [6.07, 6.45) is 1.48. The first-order valence-electron chi connectivity index (χ1n) is 10.5. The van der Waals surface area contributed by atoms with Gasteiger partial charge >= 0.3 is 14.0 Å². The third-order valence-corrected chi connectivity index (χ3v) is 10.4. The van der Waals surface area contributed by atoms with Crippen molar-refractivity contribution in [2.45, 2.75) is 39.5 Å². The fourth-order valence-corrected chi connectivity index (χ4v) is 8.29. The number of nitrogens with zero attached hydrogens (tertiary/aromatic N) is 1. The normalized spacial score (nSPS) is 11.9. The molecule has 6 nitrogen and oxygen atoms in total. The molecule has 0 amide bonds. The summed E-state index contributed by atoms with van der Waals surface area (Å²) in [6.45, 7) is 12.4. The van der Waals surface area contributed by atoms with Gasteiger partial charge in [-0.05, 0) is 22.3 Å². The number of aryl methyl sites for hydroxylation is 1. The lowest BCUT2D eigenvalue weighted by molar-refractivity contribution is 0.0740. The maximum absolute atomic E-state index is 12.0. The van der Waals surface area contributed by atoms with Gasteiger partial charge in [0.05, 0.1) is 5.76 Å². The summed E-state index contributed by atoms with van der Waals surface area (Å²) in [5, 5.41) is 2.10. The summed E-state index contributed by atoms with van der Waals surface area (Å²) in [4.78, 5) is 25.8. The van der Waals surface area contributed by atoms with Crippen molar-refractivity contribution in [2.24, 2.45) is 0 Å². The first-order valence-corrected chi connectivity index (χ1v) is 12.4. The fourth-order valence-electron chi connectivity index (χ4n) is 3.87. The summed E-state index contributed by atoms with van der Waals surface area (Å²) in [7, 11) is -2.76. The van der Waals surface area contributed by atoms with Crippen LogP contribution in [0.5, 0.6) is 0 Å². The summed E-state index contributed by atoms with van der Waals surface area (Å²) >= 11 is 0. The van der Waals surface area contributed by atoms with Gasteiger partial charge in [-0.1, -0.05) is 88.0 Å². The van der Waals surface area contributed by atoms with Gasteiger partial charge in [-0.15, -0.1) is 0 Å². The standard InChI is InChI=1S/C25H30N2O4Si/c1-19-16-27(24(29)26-23(19)28)18-30-17-20(2)31-32(25(3,4)5,21-12-8-6-9-13-21)22-14-10-7-11-15-22/h6-16H,2,17-18H2,1,3-5H3,(H,26,28,29). The van der Waals surface area contributed by atoms with Crippen LogP contribution in [0.15, 0.2) is 88.8 Å². The van der Waals surface area contributed by atoms with Crippen LogP contribution < -0.4 is 21.6 Å². The number of nitrogens with one attached hydrogen (secondary N) is 1. The van der Waals surface area contributed by atoms with Gasteiger partial charge in [0.2, 0.25) is 0 Å². The molecule has 168 valence electrons. The SMILES string of the molecule is C=C(COCn1cc(C)c(=O)[nH]c1=O)O[Si](c1ccccc1)(c1ccccc1)C(C)(C)C. The van der Waals surface area contributed by atoms with Crippen molar-refractivity contribution < 1.29 is 9.16 Å². The van der Waals surface area contributed by atoms with Crippen molar-refractivity contribution in [3.05, 3.63) is 106 Å². The molecule has 0 saturated heterocycles. The van der Waals surface area contributed by atoms with E-state index < -0.39 is 19.6 Å². The number of hydrogen-bond donors (Lipinski definition) is 1. The van der Waals surface area contributed by atoms with Gasteiger partial charge in [0.15, 0.2) is 0 Å². The first kappa shape index (κ1) is 23.5. The van der Waals surface area contributed by atoms with Gasteiger partial charge in [-0.3, -0.25) is 14.3 Å². The van der Waals surface area contributed by atoms with Crippen LogP contribution in [-0.2, 0) is 15.9 Å². The van der Waals surface area contributed by atoms with E-state index in [1.54, 1.807) is 6.92 Å². The zero-order valence-electron chi connectivity index (χ0n) is 19.1. The molecule has 0 atom stereocenters. The van der Waals surface area contributed by atoms with Crippen molar-refractivity contribution in [1.29, 1.82) is 0 Å². The number of aromatic amines is 1. The topological polar surface area (TPSA) is 73.3 Å². The molecule has 0 aliphatic heterocycles. The average Bonchev–Trinajstić information content (AvgIpc) is 2.76. The van der Waals surface area contributed by atoms with Gasteiger partial charge in [-0.2, -0.15) is 0 Å². The van der Waals surface area contributed by atoms with E-state index in [1.807, 2.05) is 36.4 Å². The predicted molar refractivity (Wildman–Crippen MR) is 130 cm³/mol. The summed E-state index contributed by atoms with van der Waals surface area (Å²) < 4.78 is 13.8. The molecule has 7 heteroatoms. The van der Waals surface area contributed by atoms with E-state index in [4.69, 9.17) is 9.16 Å². The molecule has 0 aliphatic rings. The van der Waals surface area contributed by atoms with Crippen molar-refractivity contribution in [3.63, 3.8) is 0 Å². The lowest BCUT2D eigenvalue weighted by Crippen LogP contribution is -2.66. The third-order valence-electron chi connectivity index (χ3n) is 5.40. The second-order valence-electron chi connectivity index (χ2n) is 8.82. The minimum absolute atomic E-state index is 0.0143. The number of aromatic nitrogens is 2. The molecule has 0 unspecified atom stereocenters. The van der Waals surface area contributed by atoms with Gasteiger partial charge < -0.3 is 9.16 Å². The second-order valence-corrected chi connectivity index (χ2v) is 13.0. The zero-order chi connectivity index (χ0) is 23.4. The molecule has 0 spiro atoms. The minimum atomic E-state index is -2.76. The van der Waals surface area contributed by atoms with Crippen molar-refractivity contribution in [2.75, 3.05) is 6.61 Å². The first-order chi connectivity index (χ1) is 15.1. The zero-order valence-corrected chi connectivity index (χ0v) is 20.1. The van der Waals surface area contributed by atoms with Gasteiger partial charge in [0.25, 0.3) is 5.56 Å². The number of ether oxygens (including phenoxy) is 1. The molecule has 3 rings (SSSR count). The monoisotopic (exact) mass is 450 g/mol. The Morgan fingerprint density at radius 2 is 1.53 bits per heavy atom. The Bertz CT molecular complexity index is 1140. The number of rotatable bonds is 8. The van der Waals surface area contributed by atoms with Crippen molar-refractivity contribution in [1.82, 2.24) is 9.55 Å². The van der Waals surface area contributed by atoms with E-state index in [9.17, 15) is 9.59 Å². The lowest BCUT2D eigenvalue weighted by atomic mass is 10.2. The number of hydrogen-bond acceptors (Lipinski definition) is 4. The highest BCUT2D eigenvalue weighted by Crippen LogP contribution is 2.37. The van der Waals surface area contributed by atoms with Crippen LogP contribution in [0.25, 0.3) is 0 Å². The molecule has 2 aromatic carbocycles. The molecule has 32 heavy (non-hydrogen) atoms. The largest absolute Gasteiger partial charge is 0.536 e. The van der Waals surface area contributed by atoms with Gasteiger partial charge in [-0.25, -0.2) is 4.79 Å². The van der Waals surface area contributed by atoms with Gasteiger partial charge in [0.1, 0.15) is 13.3 Å². The van der Waals surface area contributed by atoms with E-state index in [-0.39, 0.29) is 18.4 Å². The molecule has 1 aromatic heterocycles. The quantitative estimate of drug-likeness (QED) is 0.423. The number of H-pyrrole nitrogens is 1. The summed E-state index contributed by atoms with van der Waals surface area (Å²) in [5.41, 5.74) is -0.472. The van der Waals surface area contributed by atoms with E-state index in [0.29, 0.717) is 11.3 Å². The molecule has 1 N–H and O–H groups in total. The molecule has 1 heterocycles. The Kier molecular flexibility index (Phi) is 7.01. The second kappa shape index (κ2) is 9.54. The fraction of sp³-hybridized carbons (Fsp3) is 0.280. The van der Waals surface area contributed by atoms with Gasteiger partial charge in [0, 0.05) is 11.8 Å². The molecule has 0 bridgehead atoms. The van der Waals surface area contributed by atoms with Crippen LogP contribution >= 0.6 is 0 Å². The van der Waals surface area contributed by atoms with E-state index >= 15 is 0 Å². The molecule has 0 aliphatic carbocycles. The lowest BCUT2D eigenvalue weighted by Gasteiger charge is -2.43. The minimum Gasteiger partial charge on any atom is -0.536 e. The highest BCUT2D eigenvalue weighted by molar-refractivity contribution is 6.99. The van der Waals surface area contributed by atoms with E-state index in [0.717, 1.165) is 10.4 Å². The molecule has 3 aromatic rings. The molecule has 0 saturated carbocycles. The Labute approximate surface area is 189 Å². The van der Waals surface area contributed by atoms with E-state index in [1.165, 1.54) is 10.8 Å². The number of benzene rings is 2. The van der Waals surface area contributed by atoms with Crippen LogP contribution in [0.2, 0.25) is 5.04 Å². The van der Waals surface area contributed by atoms with Crippen LogP contribution in [0.4, 0.5) is 0 Å². The molecular weight excluding hydrogens is 420 g/mol. The van der Waals surface area contributed by atoms with E-state index in [2.05, 4.69) is 56.6 Å². The third kappa shape index (κ3) is 4.84. The predicted octanol–water partition coefficient (Wildman–Crippen LogP) is 2.91. The van der Waals surface area contributed by atoms with Crippen LogP contribution in [-0.4, -0.2) is 24.5 Å². The maximum Gasteiger partial charge on any atom is 0.330 e. The molecular formula is C25H30N2O4Si. The highest BCUT2D eigenvalue weighted by Gasteiger charge is 2.52. The summed E-state index contributed by atoms with van der Waals surface area (Å²) in [5.74, 6) is 0.494. The summed E-state index contributed by atoms with van der Waals surface area (Å²) in [6, 6.07) is 20.6. The Morgan fingerprint density at radius 3 is 2.03 bits per heavy atom. The molecule has 0 fully saturated rings. The van der Waals surface area contributed by atoms with Crippen molar-refractivity contribution in [3.8, 4) is 0 Å². The Hall–Kier alpha value is -3.16. The van der Waals surface area contributed by atoms with Crippen LogP contribution in [0.3, 0.4) is 0 Å². The Balaban J connectivity index is 1.87.